The molecule has 0 atom stereocenters. The third-order valence-corrected chi connectivity index (χ3v) is 14.4. The summed E-state index contributed by atoms with van der Waals surface area (Å²) in [5, 5.41) is 50.7. The van der Waals surface area contributed by atoms with E-state index in [1.807, 2.05) is 68.7 Å². The zero-order valence-electron chi connectivity index (χ0n) is 42.3. The van der Waals surface area contributed by atoms with Crippen LogP contribution in [0, 0.1) is 0 Å². The van der Waals surface area contributed by atoms with Crippen molar-refractivity contribution in [3.05, 3.63) is 166 Å². The Morgan fingerprint density at radius 2 is 1.25 bits per heavy atom. The van der Waals surface area contributed by atoms with Gasteiger partial charge >= 0.3 is 14.2 Å². The number of carbonyl (C=O) groups is 2. The minimum atomic E-state index is -4.21. The lowest BCUT2D eigenvalue weighted by Crippen LogP contribution is -2.35. The molecule has 2 amide bonds. The molecule has 6 aromatic rings. The molecule has 0 aromatic heterocycles. The normalized spacial score (nSPS) is 13.4. The standard InChI is InChI=1S/C56H65B2N5O9S/c1-38(2)55(65)60-28-13-27-59-54(64)33-40-22-25-52-49(32-40)56(3,4)53(63(52)29-14-30-73(70,71)72)26-23-39-21-24-45-46(31-39)48(37-62(6)35-42-16-8-12-20-51(42)58(68)69)44-18-10-9-17-43(44)47(45)36-61(5)34-41-15-7-11-19-50(41)57(66)67/h7-12,15-26,31-32,66-69H,1,13-14,27-30,33-37H2,2-6H3,(H2-,59,60,64,65,70,71,72)/p+1/b26-23+. The van der Waals surface area contributed by atoms with Crippen molar-refractivity contribution in [2.24, 2.45) is 0 Å². The first-order valence-corrected chi connectivity index (χ1v) is 26.2. The van der Waals surface area contributed by atoms with Gasteiger partial charge in [-0.25, -0.2) is 0 Å². The molecule has 1 heterocycles. The van der Waals surface area contributed by atoms with Crippen molar-refractivity contribution < 1.29 is 47.2 Å². The Balaban J connectivity index is 1.25. The number of amides is 2. The average Bonchev–Trinajstić information content (AvgIpc) is 3.54. The summed E-state index contributed by atoms with van der Waals surface area (Å²) < 4.78 is 35.6. The van der Waals surface area contributed by atoms with Gasteiger partial charge in [0.1, 0.15) is 6.54 Å². The van der Waals surface area contributed by atoms with Gasteiger partial charge in [-0.15, -0.1) is 0 Å². The van der Waals surface area contributed by atoms with Crippen molar-refractivity contribution in [1.29, 1.82) is 0 Å². The molecule has 380 valence electrons. The maximum absolute atomic E-state index is 13.1. The molecule has 1 aliphatic heterocycles. The van der Waals surface area contributed by atoms with Crippen LogP contribution < -0.4 is 21.6 Å². The summed E-state index contributed by atoms with van der Waals surface area (Å²) in [5.74, 6) is -0.774. The van der Waals surface area contributed by atoms with Gasteiger partial charge in [-0.1, -0.05) is 97.6 Å². The zero-order valence-corrected chi connectivity index (χ0v) is 43.1. The molecular weight excluding hydrogens is 940 g/mol. The number of fused-ring (bicyclic) bond motifs is 3. The van der Waals surface area contributed by atoms with Crippen molar-refractivity contribution in [1.82, 2.24) is 20.4 Å². The van der Waals surface area contributed by atoms with Crippen molar-refractivity contribution in [3.63, 3.8) is 0 Å². The largest absolute Gasteiger partial charge is 0.488 e. The molecule has 0 saturated carbocycles. The van der Waals surface area contributed by atoms with Crippen LogP contribution in [0.3, 0.4) is 0 Å². The zero-order chi connectivity index (χ0) is 52.6. The Bertz CT molecular complexity index is 3210. The number of hydrogen-bond donors (Lipinski definition) is 7. The summed E-state index contributed by atoms with van der Waals surface area (Å²) in [6.45, 7) is 12.6. The number of carbonyl (C=O) groups excluding carboxylic acids is 2. The minimum Gasteiger partial charge on any atom is -0.423 e. The van der Waals surface area contributed by atoms with Gasteiger partial charge in [-0.2, -0.15) is 13.0 Å². The van der Waals surface area contributed by atoms with E-state index in [0.717, 1.165) is 71.9 Å². The van der Waals surface area contributed by atoms with Gasteiger partial charge in [0.05, 0.1) is 17.6 Å². The summed E-state index contributed by atoms with van der Waals surface area (Å²) in [6.07, 6.45) is 5.02. The second-order valence-electron chi connectivity index (χ2n) is 19.7. The number of benzene rings is 6. The molecule has 6 aromatic carbocycles. The Morgan fingerprint density at radius 1 is 0.699 bits per heavy atom. The van der Waals surface area contributed by atoms with E-state index >= 15 is 0 Å². The summed E-state index contributed by atoms with van der Waals surface area (Å²) in [4.78, 5) is 29.2. The fourth-order valence-corrected chi connectivity index (χ4v) is 10.5. The molecule has 7 rings (SSSR count). The first kappa shape index (κ1) is 54.5. The molecule has 0 spiro atoms. The minimum absolute atomic E-state index is 0.144. The van der Waals surface area contributed by atoms with E-state index in [-0.39, 0.29) is 24.7 Å². The maximum atomic E-state index is 13.1. The van der Waals surface area contributed by atoms with Gasteiger partial charge in [0.15, 0.2) is 5.71 Å². The van der Waals surface area contributed by atoms with Crippen LogP contribution in [-0.4, -0.2) is 119 Å². The van der Waals surface area contributed by atoms with E-state index in [0.29, 0.717) is 68.7 Å². The van der Waals surface area contributed by atoms with Gasteiger partial charge in [0.25, 0.3) is 10.1 Å². The van der Waals surface area contributed by atoms with Crippen molar-refractivity contribution in [2.75, 3.05) is 39.5 Å². The van der Waals surface area contributed by atoms with Crippen LogP contribution in [0.4, 0.5) is 5.69 Å². The Morgan fingerprint density at radius 3 is 1.82 bits per heavy atom. The third kappa shape index (κ3) is 13.5. The average molecular weight is 1010 g/mol. The molecule has 0 saturated heterocycles. The molecule has 0 aliphatic carbocycles. The molecule has 0 unspecified atom stereocenters. The fraction of sp³-hybridized carbons (Fsp3) is 0.304. The van der Waals surface area contributed by atoms with Gasteiger partial charge in [0.2, 0.25) is 17.5 Å². The monoisotopic (exact) mass is 1010 g/mol. The SMILES string of the molecule is C=C(C)C(=O)NCCCNC(=O)Cc1ccc2c(c1)C(C)(C)C(/C=C/c1ccc3c(CN(C)Cc4ccccc4B(O)O)c4ccccc4c(CN(C)Cc4ccccc4B(O)O)c3c1)=[N+]2CCCS(=O)(=O)O. The summed E-state index contributed by atoms with van der Waals surface area (Å²) >= 11 is 0. The van der Waals surface area contributed by atoms with Crippen molar-refractivity contribution >= 4 is 86.1 Å². The highest BCUT2D eigenvalue weighted by Gasteiger charge is 2.44. The predicted octanol–water partition coefficient (Wildman–Crippen LogP) is 4.73. The maximum Gasteiger partial charge on any atom is 0.488 e. The van der Waals surface area contributed by atoms with E-state index in [9.17, 15) is 42.7 Å². The molecule has 14 nitrogen and oxygen atoms in total. The van der Waals surface area contributed by atoms with Crippen LogP contribution in [0.15, 0.2) is 127 Å². The number of hydrogen-bond acceptors (Lipinski definition) is 10. The molecular formula is C56H66B2N5O9S+. The quantitative estimate of drug-likeness (QED) is 0.0117. The second-order valence-corrected chi connectivity index (χ2v) is 21.3. The highest BCUT2D eigenvalue weighted by Crippen LogP contribution is 2.41. The first-order chi connectivity index (χ1) is 34.7. The Labute approximate surface area is 429 Å². The molecule has 73 heavy (non-hydrogen) atoms. The summed E-state index contributed by atoms with van der Waals surface area (Å²) in [7, 11) is -3.40. The Hall–Kier alpha value is -6.27. The topological polar surface area (TPSA) is 203 Å². The van der Waals surface area contributed by atoms with Crippen molar-refractivity contribution in [2.45, 2.75) is 71.6 Å². The van der Waals surface area contributed by atoms with Gasteiger partial charge < -0.3 is 30.7 Å². The van der Waals surface area contributed by atoms with Gasteiger partial charge in [-0.3, -0.25) is 23.9 Å². The highest BCUT2D eigenvalue weighted by molar-refractivity contribution is 7.85. The first-order valence-electron chi connectivity index (χ1n) is 24.5. The van der Waals surface area contributed by atoms with Crippen LogP contribution in [0.25, 0.3) is 27.6 Å². The molecule has 1 aliphatic rings. The van der Waals surface area contributed by atoms with Gasteiger partial charge in [0, 0.05) is 69.0 Å². The lowest BCUT2D eigenvalue weighted by molar-refractivity contribution is -0.437. The van der Waals surface area contributed by atoms with Gasteiger partial charge in [-0.05, 0) is 125 Å². The van der Waals surface area contributed by atoms with E-state index in [4.69, 9.17) is 0 Å². The van der Waals surface area contributed by atoms with Crippen LogP contribution >= 0.6 is 0 Å². The molecule has 0 radical (unpaired) electrons. The molecule has 7 N–H and O–H groups in total. The number of rotatable bonds is 23. The van der Waals surface area contributed by atoms with Crippen LogP contribution in [0.5, 0.6) is 0 Å². The predicted molar refractivity (Wildman–Crippen MR) is 293 cm³/mol. The lowest BCUT2D eigenvalue weighted by Gasteiger charge is -2.25. The summed E-state index contributed by atoms with van der Waals surface area (Å²) in [6, 6.07) is 35.3. The van der Waals surface area contributed by atoms with Crippen molar-refractivity contribution in [3.8, 4) is 0 Å². The second kappa shape index (κ2) is 23.7. The van der Waals surface area contributed by atoms with Crippen LogP contribution in [0.2, 0.25) is 0 Å². The van der Waals surface area contributed by atoms with E-state index in [1.165, 1.54) is 0 Å². The Kier molecular flexibility index (Phi) is 17.7. The van der Waals surface area contributed by atoms with E-state index in [2.05, 4.69) is 87.9 Å². The number of allylic oxidation sites excluding steroid dienone is 1. The summed E-state index contributed by atoms with van der Waals surface area (Å²) in [5.41, 5.74) is 9.05. The lowest BCUT2D eigenvalue weighted by atomic mass is 9.77. The van der Waals surface area contributed by atoms with Crippen LogP contribution in [0.1, 0.15) is 72.6 Å². The van der Waals surface area contributed by atoms with E-state index in [1.54, 1.807) is 31.2 Å². The molecule has 0 fully saturated rings. The number of nitrogens with one attached hydrogen (secondary N) is 2. The molecule has 17 heteroatoms. The number of nitrogens with zero attached hydrogens (tertiary/aromatic N) is 3. The molecule has 0 bridgehead atoms. The van der Waals surface area contributed by atoms with E-state index < -0.39 is 35.5 Å². The highest BCUT2D eigenvalue weighted by atomic mass is 32.2. The smallest absolute Gasteiger partial charge is 0.423 e. The fourth-order valence-electron chi connectivity index (χ4n) is 9.98. The van der Waals surface area contributed by atoms with Crippen LogP contribution in [-0.2, 0) is 57.7 Å². The third-order valence-electron chi connectivity index (χ3n) is 13.6.